The third-order valence-corrected chi connectivity index (χ3v) is 3.01. The monoisotopic (exact) mass is 271 g/mol. The molecule has 5 heteroatoms. The van der Waals surface area contributed by atoms with Gasteiger partial charge in [-0.1, -0.05) is 0 Å². The number of rotatable bonds is 5. The number of hydrogen-bond acceptors (Lipinski definition) is 3. The van der Waals surface area contributed by atoms with Crippen LogP contribution in [0.15, 0.2) is 41.5 Å². The molecule has 0 aliphatic rings. The number of ether oxygens (including phenoxy) is 1. The van der Waals surface area contributed by atoms with Crippen molar-refractivity contribution in [3.63, 3.8) is 0 Å². The molecule has 20 heavy (non-hydrogen) atoms. The van der Waals surface area contributed by atoms with E-state index in [1.54, 1.807) is 45.8 Å². The Hall–Kier alpha value is -2.48. The molecule has 2 rings (SSSR count). The fraction of sp³-hybridized carbons (Fsp3) is 0.333. The lowest BCUT2D eigenvalue weighted by molar-refractivity contribution is 0.295. The van der Waals surface area contributed by atoms with Crippen molar-refractivity contribution in [2.75, 3.05) is 6.61 Å². The summed E-state index contributed by atoms with van der Waals surface area (Å²) in [5.74, 6) is 0.695. The lowest BCUT2D eigenvalue weighted by Gasteiger charge is -2.07. The van der Waals surface area contributed by atoms with Crippen molar-refractivity contribution in [3.8, 4) is 11.8 Å². The largest absolute Gasteiger partial charge is 0.492 e. The molecule has 0 spiro atoms. The molecule has 1 aromatic heterocycles. The van der Waals surface area contributed by atoms with Gasteiger partial charge in [0, 0.05) is 18.4 Å². The zero-order chi connectivity index (χ0) is 14.5. The van der Waals surface area contributed by atoms with Crippen molar-refractivity contribution in [2.45, 2.75) is 26.4 Å². The van der Waals surface area contributed by atoms with E-state index in [1.165, 1.54) is 0 Å². The van der Waals surface area contributed by atoms with Crippen LogP contribution in [0, 0.1) is 11.3 Å². The lowest BCUT2D eigenvalue weighted by Crippen LogP contribution is -2.26. The van der Waals surface area contributed by atoms with Crippen LogP contribution >= 0.6 is 0 Å². The first-order chi connectivity index (χ1) is 9.61. The summed E-state index contributed by atoms with van der Waals surface area (Å²) in [4.78, 5) is 12.0. The standard InChI is InChI=1S/C15H17N3O2/c1-12(2)18-8-7-17(15(18)19)9-10-20-14-5-3-13(11-16)4-6-14/h3-8,12H,9-10H2,1-2H3. The summed E-state index contributed by atoms with van der Waals surface area (Å²) < 4.78 is 8.87. The van der Waals surface area contributed by atoms with Crippen molar-refractivity contribution < 1.29 is 4.74 Å². The van der Waals surface area contributed by atoms with Crippen molar-refractivity contribution in [1.82, 2.24) is 9.13 Å². The highest BCUT2D eigenvalue weighted by Crippen LogP contribution is 2.11. The molecule has 2 aromatic rings. The minimum absolute atomic E-state index is 0.0246. The van der Waals surface area contributed by atoms with Crippen LogP contribution in [0.3, 0.4) is 0 Å². The maximum Gasteiger partial charge on any atom is 0.328 e. The van der Waals surface area contributed by atoms with Crippen molar-refractivity contribution in [3.05, 3.63) is 52.7 Å². The van der Waals surface area contributed by atoms with Gasteiger partial charge >= 0.3 is 5.69 Å². The number of nitriles is 1. The van der Waals surface area contributed by atoms with E-state index in [2.05, 4.69) is 6.07 Å². The zero-order valence-electron chi connectivity index (χ0n) is 11.6. The predicted molar refractivity (Wildman–Crippen MR) is 75.7 cm³/mol. The van der Waals surface area contributed by atoms with Gasteiger partial charge in [0.25, 0.3) is 0 Å². The molecule has 0 aliphatic heterocycles. The number of hydrogen-bond donors (Lipinski definition) is 0. The number of benzene rings is 1. The van der Waals surface area contributed by atoms with E-state index in [4.69, 9.17) is 10.00 Å². The maximum atomic E-state index is 12.0. The minimum atomic E-state index is -0.0246. The molecule has 0 radical (unpaired) electrons. The molecule has 0 bridgehead atoms. The van der Waals surface area contributed by atoms with Gasteiger partial charge in [-0.25, -0.2) is 4.79 Å². The molecular formula is C15H17N3O2. The summed E-state index contributed by atoms with van der Waals surface area (Å²) in [6, 6.07) is 9.12. The molecule has 0 atom stereocenters. The van der Waals surface area contributed by atoms with Crippen LogP contribution in [-0.2, 0) is 6.54 Å². The Morgan fingerprint density at radius 2 is 1.95 bits per heavy atom. The van der Waals surface area contributed by atoms with Gasteiger partial charge in [0.15, 0.2) is 0 Å². The Kier molecular flexibility index (Phi) is 4.26. The second-order valence-electron chi connectivity index (χ2n) is 4.76. The van der Waals surface area contributed by atoms with Crippen molar-refractivity contribution >= 4 is 0 Å². The van der Waals surface area contributed by atoms with E-state index < -0.39 is 0 Å². The van der Waals surface area contributed by atoms with Gasteiger partial charge < -0.3 is 4.74 Å². The van der Waals surface area contributed by atoms with Gasteiger partial charge in [-0.3, -0.25) is 9.13 Å². The fourth-order valence-corrected chi connectivity index (χ4v) is 1.88. The Morgan fingerprint density at radius 3 is 2.50 bits per heavy atom. The van der Waals surface area contributed by atoms with E-state index in [1.807, 2.05) is 13.8 Å². The van der Waals surface area contributed by atoms with Gasteiger partial charge in [0.2, 0.25) is 0 Å². The normalized spacial score (nSPS) is 10.5. The summed E-state index contributed by atoms with van der Waals surface area (Å²) >= 11 is 0. The summed E-state index contributed by atoms with van der Waals surface area (Å²) in [6.45, 7) is 4.85. The van der Waals surface area contributed by atoms with E-state index >= 15 is 0 Å². The van der Waals surface area contributed by atoms with E-state index in [0.29, 0.717) is 24.5 Å². The third kappa shape index (κ3) is 3.09. The van der Waals surface area contributed by atoms with Gasteiger partial charge in [-0.05, 0) is 38.1 Å². The van der Waals surface area contributed by atoms with E-state index in [-0.39, 0.29) is 11.7 Å². The Bertz CT molecular complexity index is 660. The minimum Gasteiger partial charge on any atom is -0.492 e. The topological polar surface area (TPSA) is 59.9 Å². The molecule has 0 saturated carbocycles. The zero-order valence-corrected chi connectivity index (χ0v) is 11.6. The highest BCUT2D eigenvalue weighted by atomic mass is 16.5. The molecule has 5 nitrogen and oxygen atoms in total. The first kappa shape index (κ1) is 13.9. The van der Waals surface area contributed by atoms with Crippen LogP contribution in [0.5, 0.6) is 5.75 Å². The van der Waals surface area contributed by atoms with Gasteiger partial charge in [0.05, 0.1) is 18.2 Å². The molecule has 0 unspecified atom stereocenters. The molecule has 1 aromatic carbocycles. The van der Waals surface area contributed by atoms with Crippen molar-refractivity contribution in [1.29, 1.82) is 5.26 Å². The smallest absolute Gasteiger partial charge is 0.328 e. The number of nitrogens with zero attached hydrogens (tertiary/aromatic N) is 3. The Balaban J connectivity index is 1.93. The second-order valence-corrected chi connectivity index (χ2v) is 4.76. The maximum absolute atomic E-state index is 12.0. The molecule has 0 N–H and O–H groups in total. The summed E-state index contributed by atoms with van der Waals surface area (Å²) in [7, 11) is 0. The molecule has 0 saturated heterocycles. The van der Waals surface area contributed by atoms with Crippen LogP contribution < -0.4 is 10.4 Å². The third-order valence-electron chi connectivity index (χ3n) is 3.01. The number of aromatic nitrogens is 2. The number of imidazole rings is 1. The lowest BCUT2D eigenvalue weighted by atomic mass is 10.2. The van der Waals surface area contributed by atoms with Crippen molar-refractivity contribution in [2.24, 2.45) is 0 Å². The van der Waals surface area contributed by atoms with Crippen LogP contribution in [-0.4, -0.2) is 15.7 Å². The van der Waals surface area contributed by atoms with E-state index in [9.17, 15) is 4.79 Å². The van der Waals surface area contributed by atoms with Crippen LogP contribution in [0.4, 0.5) is 0 Å². The van der Waals surface area contributed by atoms with E-state index in [0.717, 1.165) is 0 Å². The first-order valence-corrected chi connectivity index (χ1v) is 6.52. The molecule has 104 valence electrons. The average molecular weight is 271 g/mol. The molecule has 0 amide bonds. The molecule has 0 aliphatic carbocycles. The Morgan fingerprint density at radius 1 is 1.25 bits per heavy atom. The second kappa shape index (κ2) is 6.11. The SMILES string of the molecule is CC(C)n1ccn(CCOc2ccc(C#N)cc2)c1=O. The molecule has 1 heterocycles. The average Bonchev–Trinajstić information content (AvgIpc) is 2.81. The van der Waals surface area contributed by atoms with Crippen LogP contribution in [0.1, 0.15) is 25.5 Å². The van der Waals surface area contributed by atoms with Crippen LogP contribution in [0.25, 0.3) is 0 Å². The Labute approximate surface area is 117 Å². The summed E-state index contributed by atoms with van der Waals surface area (Å²) in [6.07, 6.45) is 3.55. The first-order valence-electron chi connectivity index (χ1n) is 6.52. The fourth-order valence-electron chi connectivity index (χ4n) is 1.88. The van der Waals surface area contributed by atoms with Gasteiger partial charge in [0.1, 0.15) is 12.4 Å². The predicted octanol–water partition coefficient (Wildman–Crippen LogP) is 2.18. The van der Waals surface area contributed by atoms with Crippen LogP contribution in [0.2, 0.25) is 0 Å². The highest BCUT2D eigenvalue weighted by Gasteiger charge is 2.05. The highest BCUT2D eigenvalue weighted by molar-refractivity contribution is 5.34. The van der Waals surface area contributed by atoms with Gasteiger partial charge in [-0.2, -0.15) is 5.26 Å². The quantitative estimate of drug-likeness (QED) is 0.837. The summed E-state index contributed by atoms with van der Waals surface area (Å²) in [5, 5.41) is 8.70. The van der Waals surface area contributed by atoms with Gasteiger partial charge in [-0.15, -0.1) is 0 Å². The molecule has 0 fully saturated rings. The summed E-state index contributed by atoms with van der Waals surface area (Å²) in [5.41, 5.74) is 0.575. The molecular weight excluding hydrogens is 254 g/mol.